The molecule has 0 saturated heterocycles. The van der Waals surface area contributed by atoms with Gasteiger partial charge >= 0.3 is 5.97 Å². The van der Waals surface area contributed by atoms with Gasteiger partial charge in [-0.1, -0.05) is 0 Å². The predicted molar refractivity (Wildman–Crippen MR) is 68.5 cm³/mol. The normalized spacial score (nSPS) is 12.8. The van der Waals surface area contributed by atoms with Crippen LogP contribution in [0.4, 0.5) is 8.78 Å². The molecule has 1 unspecified atom stereocenters. The maximum atomic E-state index is 13.7. The molecule has 110 valence electrons. The largest absolute Gasteiger partial charge is 0.505 e. The van der Waals surface area contributed by atoms with Crippen LogP contribution in [-0.2, 0) is 9.53 Å². The highest BCUT2D eigenvalue weighted by Crippen LogP contribution is 2.32. The minimum absolute atomic E-state index is 0. The van der Waals surface area contributed by atoms with Gasteiger partial charge in [-0.15, -0.1) is 12.4 Å². The van der Waals surface area contributed by atoms with Crippen LogP contribution in [0, 0.1) is 17.1 Å². The smallest absolute Gasteiger partial charge is 0.342 e. The van der Waals surface area contributed by atoms with E-state index in [0.717, 1.165) is 12.1 Å². The first-order valence-corrected chi connectivity index (χ1v) is 5.41. The van der Waals surface area contributed by atoms with Crippen LogP contribution in [0.3, 0.4) is 0 Å². The number of nitrogens with two attached hydrogens (primary N) is 1. The van der Waals surface area contributed by atoms with Gasteiger partial charge in [0.1, 0.15) is 0 Å². The Labute approximate surface area is 120 Å². The van der Waals surface area contributed by atoms with E-state index in [1.54, 1.807) is 6.07 Å². The molecular formula is C12H13ClF2N2O3. The third-order valence-electron chi connectivity index (χ3n) is 2.45. The highest BCUT2D eigenvalue weighted by atomic mass is 35.5. The first-order chi connectivity index (χ1) is 8.93. The highest BCUT2D eigenvalue weighted by Gasteiger charge is 2.32. The zero-order valence-corrected chi connectivity index (χ0v) is 11.3. The summed E-state index contributed by atoms with van der Waals surface area (Å²) in [4.78, 5) is 11.2. The second kappa shape index (κ2) is 7.62. The molecule has 1 aromatic rings. The summed E-state index contributed by atoms with van der Waals surface area (Å²) in [5.41, 5.74) is 4.80. The van der Waals surface area contributed by atoms with Crippen molar-refractivity contribution in [1.82, 2.24) is 0 Å². The van der Waals surface area contributed by atoms with E-state index in [4.69, 9.17) is 11.0 Å². The average Bonchev–Trinajstić information content (AvgIpc) is 2.40. The maximum Gasteiger partial charge on any atom is 0.342 e. The zero-order valence-electron chi connectivity index (χ0n) is 10.5. The van der Waals surface area contributed by atoms with Crippen molar-refractivity contribution < 1.29 is 23.4 Å². The van der Waals surface area contributed by atoms with Gasteiger partial charge in [0.05, 0.1) is 24.3 Å². The van der Waals surface area contributed by atoms with Gasteiger partial charge in [-0.25, -0.2) is 13.6 Å². The molecule has 20 heavy (non-hydrogen) atoms. The Morgan fingerprint density at radius 3 is 2.70 bits per heavy atom. The molecule has 0 bridgehead atoms. The first kappa shape index (κ1) is 18.1. The lowest BCUT2D eigenvalue weighted by Crippen LogP contribution is -2.32. The van der Waals surface area contributed by atoms with E-state index in [1.807, 2.05) is 0 Å². The number of phenols is 1. The fraction of sp³-hybridized carbons (Fsp3) is 0.333. The van der Waals surface area contributed by atoms with Crippen molar-refractivity contribution in [3.63, 3.8) is 0 Å². The molecule has 1 aromatic carbocycles. The van der Waals surface area contributed by atoms with Crippen molar-refractivity contribution in [3.8, 4) is 11.8 Å². The summed E-state index contributed by atoms with van der Waals surface area (Å²) in [5, 5.41) is 18.3. The fourth-order valence-corrected chi connectivity index (χ4v) is 1.53. The third kappa shape index (κ3) is 3.56. The number of benzene rings is 1. The second-order valence-electron chi connectivity index (χ2n) is 3.65. The molecule has 0 aliphatic rings. The molecule has 5 nitrogen and oxygen atoms in total. The lowest BCUT2D eigenvalue weighted by atomic mass is 9.96. The molecule has 1 rings (SSSR count). The van der Waals surface area contributed by atoms with Gasteiger partial charge in [-0.3, -0.25) is 0 Å². The quantitative estimate of drug-likeness (QED) is 0.826. The Balaban J connectivity index is 0.00000361. The van der Waals surface area contributed by atoms with E-state index in [-0.39, 0.29) is 24.6 Å². The number of nitriles is 1. The minimum Gasteiger partial charge on any atom is -0.505 e. The van der Waals surface area contributed by atoms with Crippen molar-refractivity contribution in [1.29, 1.82) is 5.26 Å². The monoisotopic (exact) mass is 306 g/mol. The number of carbonyl (C=O) groups excluding carboxylic acids is 1. The third-order valence-corrected chi connectivity index (χ3v) is 2.45. The number of rotatable bonds is 4. The summed E-state index contributed by atoms with van der Waals surface area (Å²) in [6, 6.07) is 1.85. The molecule has 0 radical (unpaired) electrons. The summed E-state index contributed by atoms with van der Waals surface area (Å²) in [6.45, 7) is 1.43. The molecular weight excluding hydrogens is 294 g/mol. The fourth-order valence-electron chi connectivity index (χ4n) is 1.53. The van der Waals surface area contributed by atoms with Gasteiger partial charge in [0.25, 0.3) is 0 Å². The number of phenolic OH excluding ortho intramolecular Hbond substituents is 1. The summed E-state index contributed by atoms with van der Waals surface area (Å²) in [5.74, 6) is -3.23. The van der Waals surface area contributed by atoms with E-state index in [2.05, 4.69) is 4.74 Å². The Bertz CT molecular complexity index is 534. The molecule has 3 N–H and O–H groups in total. The lowest BCUT2D eigenvalue weighted by Gasteiger charge is -2.18. The standard InChI is InChI=1S/C12H12F2N2O3.ClH/c1-2-19-12(18)9(14)10(16)8-6(5-15)3-4-7(13)11(8)17;/h3-4,9-10,17H,2,16H2,1H3;1H/t9?,10-;/m0./s1. The van der Waals surface area contributed by atoms with E-state index in [9.17, 15) is 18.7 Å². The van der Waals surface area contributed by atoms with Crippen molar-refractivity contribution in [2.75, 3.05) is 6.61 Å². The summed E-state index contributed by atoms with van der Waals surface area (Å²) in [7, 11) is 0. The van der Waals surface area contributed by atoms with Crippen molar-refractivity contribution in [3.05, 3.63) is 29.1 Å². The Morgan fingerprint density at radius 1 is 1.60 bits per heavy atom. The number of hydrogen-bond acceptors (Lipinski definition) is 5. The van der Waals surface area contributed by atoms with Crippen LogP contribution in [-0.4, -0.2) is 23.9 Å². The second-order valence-corrected chi connectivity index (χ2v) is 3.65. The SMILES string of the molecule is CCOC(=O)C(F)[C@@H](N)c1c(C#N)ccc(F)c1O.Cl. The van der Waals surface area contributed by atoms with Crippen LogP contribution in [0.25, 0.3) is 0 Å². The first-order valence-electron chi connectivity index (χ1n) is 5.41. The predicted octanol–water partition coefficient (Wildman–Crippen LogP) is 1.73. The van der Waals surface area contributed by atoms with E-state index in [0.29, 0.717) is 0 Å². The molecule has 0 heterocycles. The summed E-state index contributed by atoms with van der Waals surface area (Å²) < 4.78 is 31.4. The number of esters is 1. The minimum atomic E-state index is -2.31. The molecule has 0 aromatic heterocycles. The molecule has 2 atom stereocenters. The average molecular weight is 307 g/mol. The van der Waals surface area contributed by atoms with E-state index >= 15 is 0 Å². The van der Waals surface area contributed by atoms with Crippen LogP contribution >= 0.6 is 12.4 Å². The molecule has 8 heteroatoms. The number of halogens is 3. The van der Waals surface area contributed by atoms with Crippen LogP contribution < -0.4 is 5.73 Å². The van der Waals surface area contributed by atoms with Gasteiger partial charge in [-0.2, -0.15) is 5.26 Å². The molecule has 0 fully saturated rings. The van der Waals surface area contributed by atoms with Crippen LogP contribution in [0.5, 0.6) is 5.75 Å². The van der Waals surface area contributed by atoms with Gasteiger partial charge in [0, 0.05) is 5.56 Å². The summed E-state index contributed by atoms with van der Waals surface area (Å²) in [6.07, 6.45) is -2.31. The van der Waals surface area contributed by atoms with Crippen molar-refractivity contribution in [2.45, 2.75) is 19.1 Å². The molecule has 0 aliphatic carbocycles. The highest BCUT2D eigenvalue weighted by molar-refractivity contribution is 5.85. The van der Waals surface area contributed by atoms with Gasteiger partial charge in [0.2, 0.25) is 6.17 Å². The molecule has 0 spiro atoms. The zero-order chi connectivity index (χ0) is 14.6. The van der Waals surface area contributed by atoms with Gasteiger partial charge < -0.3 is 15.6 Å². The Kier molecular flexibility index (Phi) is 6.90. The van der Waals surface area contributed by atoms with Gasteiger partial charge in [-0.05, 0) is 19.1 Å². The number of ether oxygens (including phenoxy) is 1. The molecule has 0 amide bonds. The van der Waals surface area contributed by atoms with E-state index < -0.39 is 35.3 Å². The van der Waals surface area contributed by atoms with Crippen molar-refractivity contribution in [2.24, 2.45) is 5.73 Å². The number of carbonyl (C=O) groups is 1. The van der Waals surface area contributed by atoms with Crippen molar-refractivity contribution >= 4 is 18.4 Å². The lowest BCUT2D eigenvalue weighted by molar-refractivity contribution is -0.149. The number of alkyl halides is 1. The topological polar surface area (TPSA) is 96.3 Å². The number of hydrogen-bond donors (Lipinski definition) is 2. The molecule has 0 saturated carbocycles. The van der Waals surface area contributed by atoms with Gasteiger partial charge in [0.15, 0.2) is 11.6 Å². The number of aromatic hydroxyl groups is 1. The van der Waals surface area contributed by atoms with Crippen LogP contribution in [0.15, 0.2) is 12.1 Å². The van der Waals surface area contributed by atoms with Crippen LogP contribution in [0.2, 0.25) is 0 Å². The maximum absolute atomic E-state index is 13.7. The van der Waals surface area contributed by atoms with E-state index in [1.165, 1.54) is 6.92 Å². The van der Waals surface area contributed by atoms with Crippen LogP contribution in [0.1, 0.15) is 24.1 Å². The summed E-state index contributed by atoms with van der Waals surface area (Å²) >= 11 is 0. The Morgan fingerprint density at radius 2 is 2.20 bits per heavy atom. The molecule has 0 aliphatic heterocycles. The Hall–Kier alpha value is -1.91. The number of nitrogens with zero attached hydrogens (tertiary/aromatic N) is 1.